The van der Waals surface area contributed by atoms with Crippen molar-refractivity contribution < 1.29 is 23.9 Å². The van der Waals surface area contributed by atoms with Crippen LogP contribution in [0.15, 0.2) is 91.0 Å². The average Bonchev–Trinajstić information content (AvgIpc) is 3.35. The van der Waals surface area contributed by atoms with Crippen molar-refractivity contribution >= 4 is 18.0 Å². The molecule has 0 aliphatic carbocycles. The van der Waals surface area contributed by atoms with Gasteiger partial charge in [-0.15, -0.1) is 0 Å². The standard InChI is InChI=1S/C33H36N2O5/c1-23(2)20-28(32(37)39-21-25-14-8-4-9-15-25)34-27(19-18-24-12-6-3-7-13-24)30(31(34)36)35-29(22-40-33(35)38)26-16-10-5-11-17-26/h3-17,23,27-30H,18-22H2,1-2H3/t27?,28?,29-,30?/m1/s1. The predicted molar refractivity (Wildman–Crippen MR) is 151 cm³/mol. The molecule has 2 fully saturated rings. The largest absolute Gasteiger partial charge is 0.459 e. The first kappa shape index (κ1) is 27.4. The van der Waals surface area contributed by atoms with E-state index in [-0.39, 0.29) is 37.1 Å². The Morgan fingerprint density at radius 3 is 2.12 bits per heavy atom. The van der Waals surface area contributed by atoms with Crippen LogP contribution in [-0.4, -0.2) is 52.5 Å². The fourth-order valence-electron chi connectivity index (χ4n) is 5.76. The van der Waals surface area contributed by atoms with Gasteiger partial charge in [-0.3, -0.25) is 9.69 Å². The molecule has 40 heavy (non-hydrogen) atoms. The molecule has 0 spiro atoms. The van der Waals surface area contributed by atoms with Crippen molar-refractivity contribution in [3.8, 4) is 0 Å². The molecule has 7 nitrogen and oxygen atoms in total. The van der Waals surface area contributed by atoms with E-state index in [2.05, 4.69) is 12.1 Å². The van der Waals surface area contributed by atoms with Crippen molar-refractivity contribution in [3.63, 3.8) is 0 Å². The molecule has 2 aliphatic rings. The number of carbonyl (C=O) groups is 3. The van der Waals surface area contributed by atoms with Crippen molar-refractivity contribution in [2.75, 3.05) is 6.61 Å². The van der Waals surface area contributed by atoms with Gasteiger partial charge in [0.25, 0.3) is 0 Å². The van der Waals surface area contributed by atoms with Gasteiger partial charge in [-0.25, -0.2) is 9.59 Å². The number of esters is 1. The Morgan fingerprint density at radius 1 is 0.900 bits per heavy atom. The highest BCUT2D eigenvalue weighted by atomic mass is 16.6. The lowest BCUT2D eigenvalue weighted by molar-refractivity contribution is -0.175. The molecule has 0 N–H and O–H groups in total. The molecular formula is C33H36N2O5. The van der Waals surface area contributed by atoms with Crippen molar-refractivity contribution in [2.45, 2.75) is 63.9 Å². The maximum absolute atomic E-state index is 14.0. The number of likely N-dealkylation sites (tertiary alicyclic amines) is 1. The molecule has 2 amide bonds. The number of cyclic esters (lactones) is 1. The fraction of sp³-hybridized carbons (Fsp3) is 0.364. The van der Waals surface area contributed by atoms with E-state index in [1.54, 1.807) is 9.80 Å². The highest BCUT2D eigenvalue weighted by Gasteiger charge is 2.58. The second kappa shape index (κ2) is 12.4. The number of nitrogens with zero attached hydrogens (tertiary/aromatic N) is 2. The average molecular weight is 541 g/mol. The van der Waals surface area contributed by atoms with E-state index in [1.165, 1.54) is 0 Å². The molecule has 2 heterocycles. The minimum atomic E-state index is -0.734. The fourth-order valence-corrected chi connectivity index (χ4v) is 5.76. The second-order valence-corrected chi connectivity index (χ2v) is 10.9. The minimum Gasteiger partial charge on any atom is -0.459 e. The quantitative estimate of drug-likeness (QED) is 0.235. The molecule has 5 rings (SSSR count). The van der Waals surface area contributed by atoms with Gasteiger partial charge in [0.1, 0.15) is 25.3 Å². The molecule has 4 atom stereocenters. The predicted octanol–water partition coefficient (Wildman–Crippen LogP) is 5.55. The summed E-state index contributed by atoms with van der Waals surface area (Å²) in [4.78, 5) is 43.8. The number of hydrogen-bond donors (Lipinski definition) is 0. The summed E-state index contributed by atoms with van der Waals surface area (Å²) in [5, 5.41) is 0. The minimum absolute atomic E-state index is 0.142. The number of hydrogen-bond acceptors (Lipinski definition) is 5. The van der Waals surface area contributed by atoms with Crippen molar-refractivity contribution in [1.29, 1.82) is 0 Å². The first-order valence-corrected chi connectivity index (χ1v) is 14.0. The van der Waals surface area contributed by atoms with Crippen LogP contribution in [-0.2, 0) is 32.1 Å². The molecule has 0 bridgehead atoms. The second-order valence-electron chi connectivity index (χ2n) is 10.9. The monoisotopic (exact) mass is 540 g/mol. The Hall–Kier alpha value is -4.13. The summed E-state index contributed by atoms with van der Waals surface area (Å²) in [6, 6.07) is 27.1. The molecule has 3 unspecified atom stereocenters. The molecule has 7 heteroatoms. The molecule has 3 aromatic rings. The summed E-state index contributed by atoms with van der Waals surface area (Å²) in [6.07, 6.45) is 1.29. The molecule has 0 saturated carbocycles. The summed E-state index contributed by atoms with van der Waals surface area (Å²) in [5.41, 5.74) is 2.94. The van der Waals surface area contributed by atoms with Gasteiger partial charge < -0.3 is 14.4 Å². The Bertz CT molecular complexity index is 1300. The van der Waals surface area contributed by atoms with Crippen LogP contribution in [0.3, 0.4) is 0 Å². The maximum atomic E-state index is 14.0. The molecule has 0 radical (unpaired) electrons. The van der Waals surface area contributed by atoms with E-state index in [1.807, 2.05) is 92.7 Å². The number of benzene rings is 3. The van der Waals surface area contributed by atoms with Gasteiger partial charge >= 0.3 is 12.1 Å². The first-order chi connectivity index (χ1) is 19.4. The molecule has 3 aromatic carbocycles. The van der Waals surface area contributed by atoms with Crippen LogP contribution in [0.4, 0.5) is 4.79 Å². The normalized spacial score (nSPS) is 21.2. The lowest BCUT2D eigenvalue weighted by Crippen LogP contribution is -2.74. The number of β-lactam (4-membered cyclic amide) rings is 1. The Labute approximate surface area is 235 Å². The smallest absolute Gasteiger partial charge is 0.411 e. The van der Waals surface area contributed by atoms with Gasteiger partial charge in [-0.05, 0) is 41.9 Å². The Kier molecular flexibility index (Phi) is 8.48. The number of carbonyl (C=O) groups excluding carboxylic acids is 3. The van der Waals surface area contributed by atoms with Gasteiger partial charge in [0, 0.05) is 0 Å². The van der Waals surface area contributed by atoms with E-state index in [9.17, 15) is 14.4 Å². The van der Waals surface area contributed by atoms with Crippen LogP contribution in [0.25, 0.3) is 0 Å². The van der Waals surface area contributed by atoms with Crippen LogP contribution in [0.1, 0.15) is 49.4 Å². The van der Waals surface area contributed by atoms with Gasteiger partial charge in [0.15, 0.2) is 0 Å². The van der Waals surface area contributed by atoms with E-state index in [0.29, 0.717) is 19.3 Å². The van der Waals surface area contributed by atoms with Crippen LogP contribution in [0.2, 0.25) is 0 Å². The van der Waals surface area contributed by atoms with Gasteiger partial charge in [-0.2, -0.15) is 0 Å². The maximum Gasteiger partial charge on any atom is 0.411 e. The van der Waals surface area contributed by atoms with Crippen LogP contribution < -0.4 is 0 Å². The first-order valence-electron chi connectivity index (χ1n) is 14.0. The van der Waals surface area contributed by atoms with E-state index < -0.39 is 24.1 Å². The number of aryl methyl sites for hydroxylation is 1. The summed E-state index contributed by atoms with van der Waals surface area (Å²) in [7, 11) is 0. The van der Waals surface area contributed by atoms with E-state index in [4.69, 9.17) is 9.47 Å². The topological polar surface area (TPSA) is 76.2 Å². The Balaban J connectivity index is 1.42. The molecule has 0 aromatic heterocycles. The number of rotatable bonds is 11. The summed E-state index contributed by atoms with van der Waals surface area (Å²) < 4.78 is 11.2. The third-order valence-corrected chi connectivity index (χ3v) is 7.72. The SMILES string of the molecule is CC(C)CC(C(=O)OCc1ccccc1)N1C(=O)C(N2C(=O)OC[C@@H]2c2ccccc2)C1CCc1ccccc1. The van der Waals surface area contributed by atoms with Gasteiger partial charge in [0.2, 0.25) is 5.91 Å². The zero-order chi connectivity index (χ0) is 28.1. The summed E-state index contributed by atoms with van der Waals surface area (Å²) in [5.74, 6) is -0.498. The van der Waals surface area contributed by atoms with Crippen molar-refractivity contribution in [3.05, 3.63) is 108 Å². The van der Waals surface area contributed by atoms with E-state index in [0.717, 1.165) is 16.7 Å². The highest BCUT2D eigenvalue weighted by molar-refractivity contribution is 5.96. The molecule has 208 valence electrons. The Morgan fingerprint density at radius 2 is 1.50 bits per heavy atom. The zero-order valence-electron chi connectivity index (χ0n) is 23.0. The van der Waals surface area contributed by atoms with E-state index >= 15 is 0 Å². The van der Waals surface area contributed by atoms with Gasteiger partial charge in [-0.1, -0.05) is 105 Å². The zero-order valence-corrected chi connectivity index (χ0v) is 23.0. The third kappa shape index (κ3) is 5.88. The van der Waals surface area contributed by atoms with Crippen molar-refractivity contribution in [2.24, 2.45) is 5.92 Å². The summed E-state index contributed by atoms with van der Waals surface area (Å²) >= 11 is 0. The van der Waals surface area contributed by atoms with Crippen molar-refractivity contribution in [1.82, 2.24) is 9.80 Å². The highest BCUT2D eigenvalue weighted by Crippen LogP contribution is 2.40. The van der Waals surface area contributed by atoms with Crippen LogP contribution >= 0.6 is 0 Å². The molecule has 2 aliphatic heterocycles. The lowest BCUT2D eigenvalue weighted by Gasteiger charge is -2.53. The summed E-state index contributed by atoms with van der Waals surface area (Å²) in [6.45, 7) is 4.39. The van der Waals surface area contributed by atoms with Crippen LogP contribution in [0.5, 0.6) is 0 Å². The number of ether oxygens (including phenoxy) is 2. The van der Waals surface area contributed by atoms with Crippen LogP contribution in [0, 0.1) is 5.92 Å². The lowest BCUT2D eigenvalue weighted by atomic mass is 9.84. The number of amides is 2. The molecule has 2 saturated heterocycles. The van der Waals surface area contributed by atoms with Gasteiger partial charge in [0.05, 0.1) is 12.1 Å². The molecular weight excluding hydrogens is 504 g/mol. The third-order valence-electron chi connectivity index (χ3n) is 7.72.